The van der Waals surface area contributed by atoms with Gasteiger partial charge in [0.05, 0.1) is 15.8 Å². The Hall–Kier alpha value is -0.0300. The van der Waals surface area contributed by atoms with E-state index in [1.165, 1.54) is 11.3 Å². The Balaban J connectivity index is 1.98. The van der Waals surface area contributed by atoms with Gasteiger partial charge in [-0.05, 0) is 19.1 Å². The van der Waals surface area contributed by atoms with E-state index in [-0.39, 0.29) is 5.78 Å². The maximum Gasteiger partial charge on any atom is 0.186 e. The van der Waals surface area contributed by atoms with Crippen molar-refractivity contribution in [1.82, 2.24) is 4.90 Å². The fourth-order valence-corrected chi connectivity index (χ4v) is 4.08. The summed E-state index contributed by atoms with van der Waals surface area (Å²) < 4.78 is 0.684. The number of rotatable bonds is 3. The van der Waals surface area contributed by atoms with Crippen molar-refractivity contribution < 1.29 is 4.79 Å². The van der Waals surface area contributed by atoms with Crippen LogP contribution >= 0.6 is 34.7 Å². The molecule has 17 heavy (non-hydrogen) atoms. The Morgan fingerprint density at radius 2 is 2.29 bits per heavy atom. The number of carbonyl (C=O) groups is 1. The predicted octanol–water partition coefficient (Wildman–Crippen LogP) is 3.41. The minimum Gasteiger partial charge on any atom is -0.292 e. The zero-order valence-corrected chi connectivity index (χ0v) is 12.4. The van der Waals surface area contributed by atoms with Crippen molar-refractivity contribution in [2.75, 3.05) is 18.8 Å². The molecule has 2 nitrogen and oxygen atoms in total. The van der Waals surface area contributed by atoms with Gasteiger partial charge in [-0.25, -0.2) is 0 Å². The second-order valence-corrected chi connectivity index (χ2v) is 7.51. The van der Waals surface area contributed by atoms with E-state index < -0.39 is 0 Å². The van der Waals surface area contributed by atoms with E-state index in [0.29, 0.717) is 22.2 Å². The van der Waals surface area contributed by atoms with Crippen LogP contribution in [0.4, 0.5) is 0 Å². The lowest BCUT2D eigenvalue weighted by molar-refractivity contribution is 0.0906. The molecule has 5 heteroatoms. The fourth-order valence-electron chi connectivity index (χ4n) is 1.95. The molecule has 1 aromatic rings. The lowest BCUT2D eigenvalue weighted by atomic mass is 10.2. The third kappa shape index (κ3) is 3.25. The number of carbonyl (C=O) groups excluding carboxylic acids is 1. The molecule has 0 bridgehead atoms. The molecule has 0 amide bonds. The Morgan fingerprint density at radius 3 is 2.94 bits per heavy atom. The van der Waals surface area contributed by atoms with Crippen LogP contribution in [0.1, 0.15) is 23.5 Å². The van der Waals surface area contributed by atoms with Crippen molar-refractivity contribution in [3.8, 4) is 0 Å². The van der Waals surface area contributed by atoms with Crippen molar-refractivity contribution in [2.24, 2.45) is 0 Å². The van der Waals surface area contributed by atoms with Gasteiger partial charge in [0.1, 0.15) is 0 Å². The number of ketones is 1. The highest BCUT2D eigenvalue weighted by atomic mass is 35.5. The van der Waals surface area contributed by atoms with Gasteiger partial charge in [-0.1, -0.05) is 18.5 Å². The van der Waals surface area contributed by atoms with Gasteiger partial charge in [-0.2, -0.15) is 11.8 Å². The number of hydrogen-bond acceptors (Lipinski definition) is 4. The molecule has 1 aromatic heterocycles. The van der Waals surface area contributed by atoms with Crippen molar-refractivity contribution in [3.63, 3.8) is 0 Å². The van der Waals surface area contributed by atoms with Crippen LogP contribution in [0.15, 0.2) is 12.1 Å². The number of Topliss-reactive ketones (excluding diaryl/α,β-unsaturated/α-hetero) is 1. The molecule has 0 saturated carbocycles. The van der Waals surface area contributed by atoms with Crippen LogP contribution in [0, 0.1) is 0 Å². The molecule has 2 rings (SSSR count). The summed E-state index contributed by atoms with van der Waals surface area (Å²) in [5.74, 6) is 1.30. The molecule has 1 fully saturated rings. The van der Waals surface area contributed by atoms with Crippen molar-refractivity contribution in [1.29, 1.82) is 0 Å². The first-order chi connectivity index (χ1) is 8.08. The van der Waals surface area contributed by atoms with Gasteiger partial charge >= 0.3 is 0 Å². The fraction of sp³-hybridized carbons (Fsp3) is 0.583. The summed E-state index contributed by atoms with van der Waals surface area (Å²) in [6.07, 6.45) is 0. The third-order valence-corrected chi connectivity index (χ3v) is 5.82. The lowest BCUT2D eigenvalue weighted by Crippen LogP contribution is -2.46. The average molecular weight is 290 g/mol. The van der Waals surface area contributed by atoms with Crippen molar-refractivity contribution >= 4 is 40.5 Å². The zero-order chi connectivity index (χ0) is 12.4. The van der Waals surface area contributed by atoms with E-state index >= 15 is 0 Å². The summed E-state index contributed by atoms with van der Waals surface area (Å²) in [6, 6.07) is 4.08. The van der Waals surface area contributed by atoms with Gasteiger partial charge in [0.15, 0.2) is 5.78 Å². The molecule has 1 saturated heterocycles. The lowest BCUT2D eigenvalue weighted by Gasteiger charge is -2.36. The maximum atomic E-state index is 12.1. The normalized spacial score (nSPS) is 26.1. The summed E-state index contributed by atoms with van der Waals surface area (Å²) in [6.45, 7) is 5.95. The first kappa shape index (κ1) is 13.4. The van der Waals surface area contributed by atoms with Crippen LogP contribution in [0.25, 0.3) is 0 Å². The number of hydrogen-bond donors (Lipinski definition) is 0. The van der Waals surface area contributed by atoms with Crippen LogP contribution in [0.3, 0.4) is 0 Å². The number of halogens is 1. The number of thiophene rings is 1. The molecule has 0 aromatic carbocycles. The number of thioether (sulfide) groups is 1. The van der Waals surface area contributed by atoms with Crippen molar-refractivity contribution in [3.05, 3.63) is 21.3 Å². The molecule has 0 aliphatic carbocycles. The molecule has 2 heterocycles. The summed E-state index contributed by atoms with van der Waals surface area (Å²) in [5, 5.41) is 0.600. The van der Waals surface area contributed by atoms with E-state index in [1.54, 1.807) is 6.07 Å². The minimum absolute atomic E-state index is 0.188. The van der Waals surface area contributed by atoms with E-state index in [4.69, 9.17) is 11.6 Å². The average Bonchev–Trinajstić information content (AvgIpc) is 2.72. The molecule has 1 aliphatic rings. The topological polar surface area (TPSA) is 20.3 Å². The highest BCUT2D eigenvalue weighted by Gasteiger charge is 2.27. The van der Waals surface area contributed by atoms with Gasteiger partial charge in [0.2, 0.25) is 0 Å². The van der Waals surface area contributed by atoms with Gasteiger partial charge in [0.25, 0.3) is 0 Å². The van der Waals surface area contributed by atoms with Crippen LogP contribution in [0.5, 0.6) is 0 Å². The second kappa shape index (κ2) is 5.74. The molecule has 1 aliphatic heterocycles. The highest BCUT2D eigenvalue weighted by molar-refractivity contribution is 8.00. The van der Waals surface area contributed by atoms with Gasteiger partial charge in [-0.15, -0.1) is 11.3 Å². The van der Waals surface area contributed by atoms with Gasteiger partial charge in [-0.3, -0.25) is 9.69 Å². The quantitative estimate of drug-likeness (QED) is 0.796. The Morgan fingerprint density at radius 1 is 1.53 bits per heavy atom. The van der Waals surface area contributed by atoms with E-state index in [9.17, 15) is 4.79 Å². The Bertz CT molecular complexity index is 407. The summed E-state index contributed by atoms with van der Waals surface area (Å²) in [5.41, 5.74) is 0. The second-order valence-electron chi connectivity index (χ2n) is 4.31. The first-order valence-corrected chi connectivity index (χ1v) is 7.96. The first-order valence-electron chi connectivity index (χ1n) is 5.72. The van der Waals surface area contributed by atoms with Crippen molar-refractivity contribution in [2.45, 2.75) is 25.1 Å². The molecule has 2 atom stereocenters. The Labute approximate surface area is 115 Å². The monoisotopic (exact) mass is 289 g/mol. The molecule has 2 unspecified atom stereocenters. The number of nitrogens with zero attached hydrogens (tertiary/aromatic N) is 1. The van der Waals surface area contributed by atoms with E-state index in [2.05, 4.69) is 18.7 Å². The van der Waals surface area contributed by atoms with Gasteiger partial charge < -0.3 is 0 Å². The molecule has 0 spiro atoms. The summed E-state index contributed by atoms with van der Waals surface area (Å²) >= 11 is 9.20. The summed E-state index contributed by atoms with van der Waals surface area (Å²) in [7, 11) is 0. The molecule has 0 N–H and O–H groups in total. The molecular weight excluding hydrogens is 274 g/mol. The van der Waals surface area contributed by atoms with Crippen LogP contribution < -0.4 is 0 Å². The van der Waals surface area contributed by atoms with E-state index in [1.807, 2.05) is 17.8 Å². The summed E-state index contributed by atoms with van der Waals surface area (Å²) in [4.78, 5) is 15.1. The predicted molar refractivity (Wildman–Crippen MR) is 76.6 cm³/mol. The minimum atomic E-state index is 0.188. The zero-order valence-electron chi connectivity index (χ0n) is 9.98. The largest absolute Gasteiger partial charge is 0.292 e. The molecular formula is C12H16ClNOS2. The molecule has 0 radical (unpaired) electrons. The van der Waals surface area contributed by atoms with Crippen LogP contribution in [0.2, 0.25) is 4.34 Å². The van der Waals surface area contributed by atoms with E-state index in [0.717, 1.165) is 17.2 Å². The van der Waals surface area contributed by atoms with Gasteiger partial charge in [0, 0.05) is 23.6 Å². The smallest absolute Gasteiger partial charge is 0.186 e. The maximum absolute atomic E-state index is 12.1. The Kier molecular flexibility index (Phi) is 4.53. The highest BCUT2D eigenvalue weighted by Crippen LogP contribution is 2.26. The third-order valence-electron chi connectivity index (χ3n) is 3.21. The molecule has 94 valence electrons. The standard InChI is InChI=1S/C12H16ClNOS2/c1-8-9(2)16-6-5-14(8)7-10(15)11-3-4-12(13)17-11/h3-4,8-9H,5-7H2,1-2H3. The van der Waals surface area contributed by atoms with Crippen LogP contribution in [-0.2, 0) is 0 Å². The SMILES string of the molecule is CC1SCCN(CC(=O)c2ccc(Cl)s2)C1C. The van der Waals surface area contributed by atoms with Crippen LogP contribution in [-0.4, -0.2) is 40.8 Å².